The van der Waals surface area contributed by atoms with Gasteiger partial charge in [0.15, 0.2) is 35.7 Å². The van der Waals surface area contributed by atoms with Gasteiger partial charge in [0.2, 0.25) is 6.79 Å². The summed E-state index contributed by atoms with van der Waals surface area (Å²) in [5, 5.41) is 2.66. The third-order valence-electron chi connectivity index (χ3n) is 3.81. The molecule has 2 aromatic carbocycles. The van der Waals surface area contributed by atoms with Gasteiger partial charge in [-0.15, -0.1) is 0 Å². The molecule has 148 valence electrons. The van der Waals surface area contributed by atoms with Crippen LogP contribution in [0.2, 0.25) is 0 Å². The number of rotatable bonds is 8. The van der Waals surface area contributed by atoms with Crippen molar-refractivity contribution in [1.29, 1.82) is 0 Å². The van der Waals surface area contributed by atoms with Crippen LogP contribution in [0.25, 0.3) is 0 Å². The van der Waals surface area contributed by atoms with Crippen molar-refractivity contribution < 1.29 is 33.3 Å². The Labute approximate surface area is 162 Å². The number of esters is 1. The molecule has 1 N–H and O–H groups in total. The molecular weight excluding hydrogens is 366 g/mol. The van der Waals surface area contributed by atoms with Crippen molar-refractivity contribution in [3.05, 3.63) is 42.5 Å². The van der Waals surface area contributed by atoms with E-state index in [1.807, 2.05) is 6.92 Å². The maximum Gasteiger partial charge on any atom is 0.344 e. The first-order valence-corrected chi connectivity index (χ1v) is 8.81. The van der Waals surface area contributed by atoms with E-state index in [9.17, 15) is 9.59 Å². The van der Waals surface area contributed by atoms with Crippen LogP contribution >= 0.6 is 0 Å². The standard InChI is InChI=1S/C20H21NO7/c1-3-24-15-6-4-5-7-16(15)25-11-19(22)28-13(2)20(23)21-14-8-9-17-18(10-14)27-12-26-17/h4-10,13H,3,11-12H2,1-2H3,(H,21,23)/t13-/m1/s1. The van der Waals surface area contributed by atoms with Crippen LogP contribution in [-0.4, -0.2) is 38.0 Å². The van der Waals surface area contributed by atoms with Crippen molar-refractivity contribution in [3.8, 4) is 23.0 Å². The summed E-state index contributed by atoms with van der Waals surface area (Å²) in [4.78, 5) is 24.2. The lowest BCUT2D eigenvalue weighted by Crippen LogP contribution is -2.31. The van der Waals surface area contributed by atoms with Gasteiger partial charge in [0.1, 0.15) is 0 Å². The highest BCUT2D eigenvalue weighted by atomic mass is 16.7. The Morgan fingerprint density at radius 2 is 1.79 bits per heavy atom. The van der Waals surface area contributed by atoms with Gasteiger partial charge < -0.3 is 29.0 Å². The predicted octanol–water partition coefficient (Wildman–Crippen LogP) is 2.76. The Morgan fingerprint density at radius 1 is 1.07 bits per heavy atom. The summed E-state index contributed by atoms with van der Waals surface area (Å²) in [6, 6.07) is 12.0. The molecule has 28 heavy (non-hydrogen) atoms. The molecule has 1 atom stereocenters. The lowest BCUT2D eigenvalue weighted by atomic mass is 10.2. The molecule has 0 spiro atoms. The molecule has 0 aliphatic carbocycles. The molecule has 0 saturated heterocycles. The summed E-state index contributed by atoms with van der Waals surface area (Å²) in [5.41, 5.74) is 0.513. The quantitative estimate of drug-likeness (QED) is 0.696. The zero-order valence-corrected chi connectivity index (χ0v) is 15.6. The monoisotopic (exact) mass is 387 g/mol. The van der Waals surface area contributed by atoms with E-state index in [4.69, 9.17) is 23.7 Å². The van der Waals surface area contributed by atoms with Crippen LogP contribution in [0.15, 0.2) is 42.5 Å². The number of nitrogens with one attached hydrogen (secondary N) is 1. The fourth-order valence-corrected chi connectivity index (χ4v) is 2.48. The first kappa shape index (κ1) is 19.3. The molecule has 1 aliphatic rings. The average Bonchev–Trinajstić information content (AvgIpc) is 3.15. The summed E-state index contributed by atoms with van der Waals surface area (Å²) in [6.07, 6.45) is -0.997. The van der Waals surface area contributed by atoms with Gasteiger partial charge in [0, 0.05) is 11.8 Å². The van der Waals surface area contributed by atoms with Crippen LogP contribution < -0.4 is 24.3 Å². The number of carbonyl (C=O) groups is 2. The second kappa shape index (κ2) is 8.98. The van der Waals surface area contributed by atoms with Crippen LogP contribution in [0.5, 0.6) is 23.0 Å². The average molecular weight is 387 g/mol. The molecule has 0 fully saturated rings. The normalized spacial score (nSPS) is 12.8. The van der Waals surface area contributed by atoms with E-state index < -0.39 is 18.0 Å². The molecule has 1 aliphatic heterocycles. The van der Waals surface area contributed by atoms with Crippen LogP contribution in [0.3, 0.4) is 0 Å². The fourth-order valence-electron chi connectivity index (χ4n) is 2.48. The smallest absolute Gasteiger partial charge is 0.344 e. The molecule has 0 saturated carbocycles. The van der Waals surface area contributed by atoms with Crippen molar-refractivity contribution in [2.45, 2.75) is 20.0 Å². The highest BCUT2D eigenvalue weighted by Crippen LogP contribution is 2.34. The first-order valence-electron chi connectivity index (χ1n) is 8.81. The molecule has 0 unspecified atom stereocenters. The van der Waals surface area contributed by atoms with Gasteiger partial charge >= 0.3 is 5.97 Å². The number of ether oxygens (including phenoxy) is 5. The minimum Gasteiger partial charge on any atom is -0.490 e. The number of benzene rings is 2. The zero-order valence-electron chi connectivity index (χ0n) is 15.6. The molecule has 1 amide bonds. The van der Waals surface area contributed by atoms with Crippen LogP contribution in [0.1, 0.15) is 13.8 Å². The molecule has 3 rings (SSSR count). The molecule has 2 aromatic rings. The van der Waals surface area contributed by atoms with E-state index in [0.717, 1.165) is 0 Å². The van der Waals surface area contributed by atoms with Crippen molar-refractivity contribution in [2.24, 2.45) is 0 Å². The van der Waals surface area contributed by atoms with E-state index in [1.54, 1.807) is 42.5 Å². The molecule has 8 heteroatoms. The van der Waals surface area contributed by atoms with Crippen LogP contribution in [0.4, 0.5) is 5.69 Å². The highest BCUT2D eigenvalue weighted by molar-refractivity contribution is 5.95. The number of hydrogen-bond acceptors (Lipinski definition) is 7. The molecule has 0 radical (unpaired) electrons. The maximum atomic E-state index is 12.2. The number of amides is 1. The SMILES string of the molecule is CCOc1ccccc1OCC(=O)O[C@H](C)C(=O)Nc1ccc2c(c1)OCO2. The van der Waals surface area contributed by atoms with Gasteiger partial charge in [-0.25, -0.2) is 4.79 Å². The number of anilines is 1. The molecule has 8 nitrogen and oxygen atoms in total. The Morgan fingerprint density at radius 3 is 2.54 bits per heavy atom. The summed E-state index contributed by atoms with van der Waals surface area (Å²) in [5.74, 6) is 0.984. The highest BCUT2D eigenvalue weighted by Gasteiger charge is 2.20. The van der Waals surface area contributed by atoms with Gasteiger partial charge in [-0.1, -0.05) is 12.1 Å². The largest absolute Gasteiger partial charge is 0.490 e. The predicted molar refractivity (Wildman–Crippen MR) is 99.9 cm³/mol. The van der Waals surface area contributed by atoms with Gasteiger partial charge in [-0.2, -0.15) is 0 Å². The van der Waals surface area contributed by atoms with Crippen LogP contribution in [0, 0.1) is 0 Å². The third-order valence-corrected chi connectivity index (χ3v) is 3.81. The second-order valence-electron chi connectivity index (χ2n) is 5.86. The van der Waals surface area contributed by atoms with E-state index in [1.165, 1.54) is 6.92 Å². The fraction of sp³-hybridized carbons (Fsp3) is 0.300. The maximum absolute atomic E-state index is 12.2. The van der Waals surface area contributed by atoms with Gasteiger partial charge in [0.25, 0.3) is 5.91 Å². The van der Waals surface area contributed by atoms with Crippen molar-refractivity contribution >= 4 is 17.6 Å². The molecular formula is C20H21NO7. The third kappa shape index (κ3) is 4.85. The number of fused-ring (bicyclic) bond motifs is 1. The Kier molecular flexibility index (Phi) is 6.21. The zero-order chi connectivity index (χ0) is 19.9. The Balaban J connectivity index is 1.49. The van der Waals surface area contributed by atoms with Gasteiger partial charge in [-0.3, -0.25) is 4.79 Å². The minimum atomic E-state index is -0.997. The number of para-hydroxylation sites is 2. The summed E-state index contributed by atoms with van der Waals surface area (Å²) >= 11 is 0. The second-order valence-corrected chi connectivity index (χ2v) is 5.86. The number of carbonyl (C=O) groups excluding carboxylic acids is 2. The lowest BCUT2D eigenvalue weighted by Gasteiger charge is -2.15. The lowest BCUT2D eigenvalue weighted by molar-refractivity contribution is -0.155. The number of hydrogen-bond donors (Lipinski definition) is 1. The topological polar surface area (TPSA) is 92.3 Å². The van der Waals surface area contributed by atoms with Crippen molar-refractivity contribution in [3.63, 3.8) is 0 Å². The summed E-state index contributed by atoms with van der Waals surface area (Å²) in [6.45, 7) is 3.61. The van der Waals surface area contributed by atoms with Crippen molar-refractivity contribution in [2.75, 3.05) is 25.3 Å². The van der Waals surface area contributed by atoms with E-state index in [2.05, 4.69) is 5.32 Å². The molecule has 0 bridgehead atoms. The van der Waals surface area contributed by atoms with Gasteiger partial charge in [-0.05, 0) is 38.1 Å². The van der Waals surface area contributed by atoms with Crippen LogP contribution in [-0.2, 0) is 14.3 Å². The van der Waals surface area contributed by atoms with E-state index in [-0.39, 0.29) is 13.4 Å². The van der Waals surface area contributed by atoms with E-state index in [0.29, 0.717) is 35.3 Å². The molecule has 0 aromatic heterocycles. The minimum absolute atomic E-state index is 0.146. The first-order chi connectivity index (χ1) is 13.6. The van der Waals surface area contributed by atoms with E-state index >= 15 is 0 Å². The summed E-state index contributed by atoms with van der Waals surface area (Å²) in [7, 11) is 0. The van der Waals surface area contributed by atoms with Gasteiger partial charge in [0.05, 0.1) is 6.61 Å². The Hall–Kier alpha value is -3.42. The Bertz CT molecular complexity index is 852. The summed E-state index contributed by atoms with van der Waals surface area (Å²) < 4.78 is 26.5. The molecule has 1 heterocycles. The van der Waals surface area contributed by atoms with Crippen molar-refractivity contribution in [1.82, 2.24) is 0 Å².